The van der Waals surface area contributed by atoms with Gasteiger partial charge in [0, 0.05) is 5.41 Å². The average molecular weight is 228 g/mol. The lowest BCUT2D eigenvalue weighted by Crippen LogP contribution is -2.17. The van der Waals surface area contributed by atoms with Crippen LogP contribution in [0.1, 0.15) is 26.5 Å². The molecule has 0 aromatic carbocycles. The molecule has 1 aromatic heterocycles. The average Bonchev–Trinajstić information content (AvgIpc) is 2.35. The molecule has 1 aliphatic heterocycles. The van der Waals surface area contributed by atoms with Gasteiger partial charge in [0.2, 0.25) is 0 Å². The zero-order valence-corrected chi connectivity index (χ0v) is 9.51. The maximum atomic E-state index is 11.3. The number of aromatic nitrogens is 2. The molecule has 0 radical (unpaired) electrons. The molecule has 0 fully saturated rings. The molecule has 2 N–H and O–H groups in total. The Hall–Kier alpha value is -1.37. The molecule has 1 aliphatic rings. The monoisotopic (exact) mass is 228 g/mol. The van der Waals surface area contributed by atoms with Crippen LogP contribution in [0.3, 0.4) is 0 Å². The molecule has 0 bridgehead atoms. The van der Waals surface area contributed by atoms with E-state index in [-0.39, 0.29) is 5.41 Å². The fraction of sp³-hybridized carbons (Fsp3) is 0.500. The molecule has 82 valence electrons. The van der Waals surface area contributed by atoms with Crippen LogP contribution in [0.15, 0.2) is 6.33 Å². The topological polar surface area (TPSA) is 84.0 Å². The highest BCUT2D eigenvalue weighted by atomic mass is 32.2. The fourth-order valence-electron chi connectivity index (χ4n) is 1.42. The number of nitrogens with one attached hydrogen (secondary N) is 2. The lowest BCUT2D eigenvalue weighted by atomic mass is 9.91. The Bertz CT molecular complexity index is 504. The van der Waals surface area contributed by atoms with Crippen LogP contribution in [-0.4, -0.2) is 18.4 Å². The van der Waals surface area contributed by atoms with Gasteiger partial charge in [0.05, 0.1) is 5.69 Å². The zero-order chi connectivity index (χ0) is 11.3. The van der Waals surface area contributed by atoms with Gasteiger partial charge in [-0.3, -0.25) is 4.72 Å². The fourth-order valence-corrected chi connectivity index (χ4v) is 2.34. The van der Waals surface area contributed by atoms with Gasteiger partial charge in [-0.2, -0.15) is 8.42 Å². The molecule has 15 heavy (non-hydrogen) atoms. The predicted molar refractivity (Wildman–Crippen MR) is 56.9 cm³/mol. The Morgan fingerprint density at radius 2 is 1.87 bits per heavy atom. The van der Waals surface area contributed by atoms with E-state index in [0.717, 1.165) is 0 Å². The van der Waals surface area contributed by atoms with Gasteiger partial charge in [0.25, 0.3) is 0 Å². The van der Waals surface area contributed by atoms with Crippen LogP contribution in [-0.2, 0) is 15.6 Å². The first-order valence-corrected chi connectivity index (χ1v) is 5.94. The van der Waals surface area contributed by atoms with Crippen molar-refractivity contribution in [1.29, 1.82) is 0 Å². The molecule has 6 nitrogen and oxygen atoms in total. The van der Waals surface area contributed by atoms with E-state index in [2.05, 4.69) is 19.4 Å². The number of rotatable bonds is 0. The van der Waals surface area contributed by atoms with Gasteiger partial charge in [0.15, 0.2) is 5.82 Å². The third-order valence-corrected chi connectivity index (χ3v) is 2.96. The molecule has 0 atom stereocenters. The molecule has 0 spiro atoms. The van der Waals surface area contributed by atoms with Gasteiger partial charge in [-0.1, -0.05) is 20.8 Å². The molecule has 2 heterocycles. The molecule has 0 saturated heterocycles. The molecule has 7 heteroatoms. The van der Waals surface area contributed by atoms with Crippen LogP contribution in [0, 0.1) is 0 Å². The van der Waals surface area contributed by atoms with E-state index in [9.17, 15) is 8.42 Å². The van der Waals surface area contributed by atoms with Gasteiger partial charge in [0.1, 0.15) is 12.0 Å². The Balaban J connectivity index is 2.61. The standard InChI is InChI=1S/C8H12N4O2S/c1-8(2,3)6-5-7(10-4-9-6)12-15(13,14)11-5/h4,11H,1-3H3,(H,9,10,12). The molecule has 0 saturated carbocycles. The van der Waals surface area contributed by atoms with Crippen LogP contribution < -0.4 is 9.44 Å². The summed E-state index contributed by atoms with van der Waals surface area (Å²) in [5, 5.41) is 0. The van der Waals surface area contributed by atoms with E-state index in [4.69, 9.17) is 0 Å². The van der Waals surface area contributed by atoms with Gasteiger partial charge < -0.3 is 0 Å². The third kappa shape index (κ3) is 1.74. The van der Waals surface area contributed by atoms with E-state index in [0.29, 0.717) is 17.2 Å². The second-order valence-corrected chi connectivity index (χ2v) is 5.82. The van der Waals surface area contributed by atoms with Crippen molar-refractivity contribution >= 4 is 21.7 Å². The quantitative estimate of drug-likeness (QED) is 0.689. The van der Waals surface area contributed by atoms with Gasteiger partial charge >= 0.3 is 10.2 Å². The molecule has 0 unspecified atom stereocenters. The molecular weight excluding hydrogens is 216 g/mol. The number of fused-ring (bicyclic) bond motifs is 1. The summed E-state index contributed by atoms with van der Waals surface area (Å²) in [6, 6.07) is 0. The number of nitrogens with zero attached hydrogens (tertiary/aromatic N) is 2. The highest BCUT2D eigenvalue weighted by molar-refractivity contribution is 7.94. The van der Waals surface area contributed by atoms with Crippen molar-refractivity contribution in [2.75, 3.05) is 9.44 Å². The van der Waals surface area contributed by atoms with Crippen molar-refractivity contribution in [3.8, 4) is 0 Å². The Kier molecular flexibility index (Phi) is 1.91. The van der Waals surface area contributed by atoms with Crippen LogP contribution in [0.5, 0.6) is 0 Å². The maximum Gasteiger partial charge on any atom is 0.322 e. The predicted octanol–water partition coefficient (Wildman–Crippen LogP) is 0.856. The SMILES string of the molecule is CC(C)(C)c1ncnc2c1NS(=O)(=O)N2. The van der Waals surface area contributed by atoms with Crippen molar-refractivity contribution in [2.24, 2.45) is 0 Å². The highest BCUT2D eigenvalue weighted by Crippen LogP contribution is 2.35. The largest absolute Gasteiger partial charge is 0.322 e. The Morgan fingerprint density at radius 3 is 2.47 bits per heavy atom. The summed E-state index contributed by atoms with van der Waals surface area (Å²) in [5.41, 5.74) is 0.896. The number of hydrogen-bond donors (Lipinski definition) is 2. The summed E-state index contributed by atoms with van der Waals surface area (Å²) in [6.07, 6.45) is 1.36. The van der Waals surface area contributed by atoms with E-state index >= 15 is 0 Å². The minimum atomic E-state index is -3.49. The number of hydrogen-bond acceptors (Lipinski definition) is 4. The minimum absolute atomic E-state index is 0.235. The van der Waals surface area contributed by atoms with E-state index in [1.165, 1.54) is 6.33 Å². The van der Waals surface area contributed by atoms with Gasteiger partial charge in [-0.05, 0) is 0 Å². The Labute approximate surface area is 88.3 Å². The lowest BCUT2D eigenvalue weighted by Gasteiger charge is -2.19. The molecule has 1 aromatic rings. The van der Waals surface area contributed by atoms with Crippen LogP contribution in [0.2, 0.25) is 0 Å². The van der Waals surface area contributed by atoms with Crippen molar-refractivity contribution in [3.63, 3.8) is 0 Å². The van der Waals surface area contributed by atoms with Crippen LogP contribution in [0.25, 0.3) is 0 Å². The van der Waals surface area contributed by atoms with Crippen molar-refractivity contribution < 1.29 is 8.42 Å². The van der Waals surface area contributed by atoms with Crippen molar-refractivity contribution in [1.82, 2.24) is 9.97 Å². The second-order valence-electron chi connectivity index (χ2n) is 4.40. The minimum Gasteiger partial charge on any atom is -0.261 e. The first-order chi connectivity index (χ1) is 6.80. The molecule has 0 aliphatic carbocycles. The molecular formula is C8H12N4O2S. The smallest absolute Gasteiger partial charge is 0.261 e. The second kappa shape index (κ2) is 2.82. The van der Waals surface area contributed by atoms with E-state index < -0.39 is 10.2 Å². The maximum absolute atomic E-state index is 11.3. The van der Waals surface area contributed by atoms with Crippen molar-refractivity contribution in [2.45, 2.75) is 26.2 Å². The number of anilines is 2. The highest BCUT2D eigenvalue weighted by Gasteiger charge is 2.31. The summed E-state index contributed by atoms with van der Waals surface area (Å²) in [5.74, 6) is 0.315. The summed E-state index contributed by atoms with van der Waals surface area (Å²) in [7, 11) is -3.49. The van der Waals surface area contributed by atoms with E-state index in [1.54, 1.807) is 0 Å². The first-order valence-electron chi connectivity index (χ1n) is 4.46. The first kappa shape index (κ1) is 10.2. The zero-order valence-electron chi connectivity index (χ0n) is 8.70. The third-order valence-electron chi connectivity index (χ3n) is 2.03. The van der Waals surface area contributed by atoms with Crippen LogP contribution in [0.4, 0.5) is 11.5 Å². The van der Waals surface area contributed by atoms with Gasteiger partial charge in [-0.15, -0.1) is 0 Å². The molecule has 2 rings (SSSR count). The summed E-state index contributed by atoms with van der Waals surface area (Å²) >= 11 is 0. The summed E-state index contributed by atoms with van der Waals surface area (Å²) in [6.45, 7) is 5.88. The lowest BCUT2D eigenvalue weighted by molar-refractivity contribution is 0.570. The van der Waals surface area contributed by atoms with E-state index in [1.807, 2.05) is 20.8 Å². The normalized spacial score (nSPS) is 17.8. The van der Waals surface area contributed by atoms with Crippen LogP contribution >= 0.6 is 0 Å². The molecule has 0 amide bonds. The van der Waals surface area contributed by atoms with Crippen molar-refractivity contribution in [3.05, 3.63) is 12.0 Å². The summed E-state index contributed by atoms with van der Waals surface area (Å²) in [4.78, 5) is 7.97. The van der Waals surface area contributed by atoms with Gasteiger partial charge in [-0.25, -0.2) is 14.7 Å². The summed E-state index contributed by atoms with van der Waals surface area (Å²) < 4.78 is 27.2. The Morgan fingerprint density at radius 1 is 1.20 bits per heavy atom.